The third-order valence-electron chi connectivity index (χ3n) is 2.93. The van der Waals surface area contributed by atoms with Gasteiger partial charge in [-0.3, -0.25) is 0 Å². The van der Waals surface area contributed by atoms with Gasteiger partial charge in [-0.15, -0.1) is 0 Å². The molecule has 1 N–H and O–H groups in total. The maximum Gasteiger partial charge on any atom is 0.0596 e. The van der Waals surface area contributed by atoms with Crippen LogP contribution in [-0.4, -0.2) is 63.5 Å². The fraction of sp³-hybridized carbons (Fsp3) is 1.00. The molecule has 0 aromatic heterocycles. The van der Waals surface area contributed by atoms with E-state index in [2.05, 4.69) is 38.0 Å². The summed E-state index contributed by atoms with van der Waals surface area (Å²) in [6.45, 7) is 13.9. The van der Waals surface area contributed by atoms with Gasteiger partial charge in [0, 0.05) is 32.3 Å². The maximum absolute atomic E-state index is 5.55. The maximum atomic E-state index is 5.55. The second kappa shape index (κ2) is 11.9. The summed E-state index contributed by atoms with van der Waals surface area (Å²) < 4.78 is 10.9. The third-order valence-corrected chi connectivity index (χ3v) is 2.93. The Morgan fingerprint density at radius 3 is 2.50 bits per heavy atom. The lowest BCUT2D eigenvalue weighted by atomic mass is 10.3. The predicted octanol–water partition coefficient (Wildman–Crippen LogP) is 1.75. The Labute approximate surface area is 113 Å². The smallest absolute Gasteiger partial charge is 0.0596 e. The second-order valence-corrected chi connectivity index (χ2v) is 5.00. The molecule has 0 heterocycles. The van der Waals surface area contributed by atoms with Gasteiger partial charge >= 0.3 is 0 Å². The summed E-state index contributed by atoms with van der Waals surface area (Å²) >= 11 is 0. The molecule has 1 atom stereocenters. The molecule has 0 rings (SSSR count). The van der Waals surface area contributed by atoms with Gasteiger partial charge in [-0.25, -0.2) is 0 Å². The summed E-state index contributed by atoms with van der Waals surface area (Å²) in [6.07, 6.45) is 1.41. The number of rotatable bonds is 12. The zero-order valence-corrected chi connectivity index (χ0v) is 12.9. The summed E-state index contributed by atoms with van der Waals surface area (Å²) in [4.78, 5) is 2.33. The summed E-state index contributed by atoms with van der Waals surface area (Å²) in [7, 11) is 2.15. The van der Waals surface area contributed by atoms with Crippen LogP contribution in [0, 0.1) is 0 Å². The van der Waals surface area contributed by atoms with Crippen LogP contribution >= 0.6 is 0 Å². The molecule has 1 unspecified atom stereocenters. The van der Waals surface area contributed by atoms with Crippen molar-refractivity contribution in [3.05, 3.63) is 0 Å². The number of hydrogen-bond donors (Lipinski definition) is 1. The van der Waals surface area contributed by atoms with Gasteiger partial charge in [-0.05, 0) is 47.7 Å². The lowest BCUT2D eigenvalue weighted by Crippen LogP contribution is -2.40. The monoisotopic (exact) mass is 260 g/mol. The molecule has 0 aliphatic carbocycles. The third kappa shape index (κ3) is 11.0. The average molecular weight is 260 g/mol. The highest BCUT2D eigenvalue weighted by molar-refractivity contribution is 4.66. The lowest BCUT2D eigenvalue weighted by molar-refractivity contribution is 0.0573. The van der Waals surface area contributed by atoms with E-state index in [4.69, 9.17) is 9.47 Å². The largest absolute Gasteiger partial charge is 0.382 e. The van der Waals surface area contributed by atoms with Crippen molar-refractivity contribution in [2.45, 2.75) is 46.3 Å². The van der Waals surface area contributed by atoms with Crippen molar-refractivity contribution >= 4 is 0 Å². The summed E-state index contributed by atoms with van der Waals surface area (Å²) in [5.74, 6) is 0. The lowest BCUT2D eigenvalue weighted by Gasteiger charge is -2.25. The van der Waals surface area contributed by atoms with Crippen molar-refractivity contribution in [2.75, 3.05) is 46.5 Å². The fourth-order valence-corrected chi connectivity index (χ4v) is 1.56. The van der Waals surface area contributed by atoms with Crippen molar-refractivity contribution in [3.63, 3.8) is 0 Å². The fourth-order valence-electron chi connectivity index (χ4n) is 1.56. The molecule has 0 saturated carbocycles. The first kappa shape index (κ1) is 17.8. The molecule has 0 aromatic rings. The van der Waals surface area contributed by atoms with Crippen LogP contribution in [0.15, 0.2) is 0 Å². The van der Waals surface area contributed by atoms with Crippen LogP contribution in [0.4, 0.5) is 0 Å². The van der Waals surface area contributed by atoms with E-state index in [9.17, 15) is 0 Å². The number of hydrogen-bond acceptors (Lipinski definition) is 4. The second-order valence-electron chi connectivity index (χ2n) is 5.00. The van der Waals surface area contributed by atoms with Crippen LogP contribution in [0.5, 0.6) is 0 Å². The minimum absolute atomic E-state index is 0.324. The summed E-state index contributed by atoms with van der Waals surface area (Å²) in [6, 6.07) is 0.535. The SMILES string of the molecule is CCOCCCNCC(C)N(C)CCOC(C)C. The number of nitrogens with zero attached hydrogens (tertiary/aromatic N) is 1. The van der Waals surface area contributed by atoms with E-state index in [-0.39, 0.29) is 0 Å². The average Bonchev–Trinajstić information content (AvgIpc) is 2.32. The standard InChI is InChI=1S/C14H32N2O2/c1-6-17-10-7-8-15-12-14(4)16(5)9-11-18-13(2)3/h13-15H,6-12H2,1-5H3. The first-order valence-electron chi connectivity index (χ1n) is 7.18. The van der Waals surface area contributed by atoms with Crippen molar-refractivity contribution in [1.82, 2.24) is 10.2 Å². The molecule has 0 spiro atoms. The normalized spacial score (nSPS) is 13.5. The molecular formula is C14H32N2O2. The van der Waals surface area contributed by atoms with Gasteiger partial charge in [0.2, 0.25) is 0 Å². The molecule has 0 radical (unpaired) electrons. The first-order chi connectivity index (χ1) is 8.57. The predicted molar refractivity (Wildman–Crippen MR) is 77.2 cm³/mol. The van der Waals surface area contributed by atoms with Crippen LogP contribution in [0.3, 0.4) is 0 Å². The van der Waals surface area contributed by atoms with E-state index < -0.39 is 0 Å². The Balaban J connectivity index is 3.41. The van der Waals surface area contributed by atoms with Gasteiger partial charge in [0.1, 0.15) is 0 Å². The van der Waals surface area contributed by atoms with Gasteiger partial charge in [0.25, 0.3) is 0 Å². The van der Waals surface area contributed by atoms with Gasteiger partial charge in [-0.2, -0.15) is 0 Å². The first-order valence-corrected chi connectivity index (χ1v) is 7.18. The minimum atomic E-state index is 0.324. The van der Waals surface area contributed by atoms with Crippen LogP contribution in [0.1, 0.15) is 34.1 Å². The van der Waals surface area contributed by atoms with E-state index in [1.54, 1.807) is 0 Å². The quantitative estimate of drug-likeness (QED) is 0.542. The molecule has 0 aromatic carbocycles. The number of ether oxygens (including phenoxy) is 2. The zero-order valence-electron chi connectivity index (χ0n) is 12.9. The molecule has 0 aliphatic heterocycles. The van der Waals surface area contributed by atoms with E-state index in [1.807, 2.05) is 6.92 Å². The molecule has 0 bridgehead atoms. The summed E-state index contributed by atoms with van der Waals surface area (Å²) in [5, 5.41) is 3.46. The zero-order chi connectivity index (χ0) is 13.8. The number of likely N-dealkylation sites (N-methyl/N-ethyl adjacent to an activating group) is 1. The van der Waals surface area contributed by atoms with E-state index in [0.717, 1.165) is 45.9 Å². The molecule has 0 fully saturated rings. The molecule has 0 aliphatic rings. The molecular weight excluding hydrogens is 228 g/mol. The van der Waals surface area contributed by atoms with Gasteiger partial charge in [-0.1, -0.05) is 0 Å². The highest BCUT2D eigenvalue weighted by Gasteiger charge is 2.08. The van der Waals surface area contributed by atoms with E-state index in [1.165, 1.54) is 0 Å². The molecule has 18 heavy (non-hydrogen) atoms. The molecule has 4 heteroatoms. The Kier molecular flexibility index (Phi) is 11.8. The topological polar surface area (TPSA) is 33.7 Å². The van der Waals surface area contributed by atoms with E-state index >= 15 is 0 Å². The highest BCUT2D eigenvalue weighted by Crippen LogP contribution is 1.95. The number of nitrogens with one attached hydrogen (secondary N) is 1. The Bertz CT molecular complexity index is 177. The van der Waals surface area contributed by atoms with E-state index in [0.29, 0.717) is 12.1 Å². The Morgan fingerprint density at radius 1 is 1.17 bits per heavy atom. The van der Waals surface area contributed by atoms with Gasteiger partial charge in [0.15, 0.2) is 0 Å². The molecule has 0 saturated heterocycles. The van der Waals surface area contributed by atoms with Crippen LogP contribution in [0.25, 0.3) is 0 Å². The van der Waals surface area contributed by atoms with Crippen LogP contribution < -0.4 is 5.32 Å². The Hall–Kier alpha value is -0.160. The summed E-state index contributed by atoms with van der Waals surface area (Å²) in [5.41, 5.74) is 0. The Morgan fingerprint density at radius 2 is 1.89 bits per heavy atom. The minimum Gasteiger partial charge on any atom is -0.382 e. The van der Waals surface area contributed by atoms with Gasteiger partial charge in [0.05, 0.1) is 12.7 Å². The van der Waals surface area contributed by atoms with Crippen molar-refractivity contribution in [3.8, 4) is 0 Å². The van der Waals surface area contributed by atoms with Crippen molar-refractivity contribution in [2.24, 2.45) is 0 Å². The van der Waals surface area contributed by atoms with Crippen molar-refractivity contribution in [1.29, 1.82) is 0 Å². The molecule has 0 amide bonds. The molecule has 110 valence electrons. The van der Waals surface area contributed by atoms with Crippen molar-refractivity contribution < 1.29 is 9.47 Å². The van der Waals surface area contributed by atoms with Crippen LogP contribution in [0.2, 0.25) is 0 Å². The highest BCUT2D eigenvalue weighted by atomic mass is 16.5. The van der Waals surface area contributed by atoms with Crippen LogP contribution in [-0.2, 0) is 9.47 Å². The van der Waals surface area contributed by atoms with Gasteiger partial charge < -0.3 is 19.7 Å². The molecule has 4 nitrogen and oxygen atoms in total.